The fraction of sp³-hybridized carbons (Fsp3) is 0.263. The summed E-state index contributed by atoms with van der Waals surface area (Å²) in [5.41, 5.74) is 1.57. The minimum absolute atomic E-state index is 0.134. The van der Waals surface area contributed by atoms with Crippen LogP contribution < -0.4 is 20.7 Å². The van der Waals surface area contributed by atoms with E-state index in [2.05, 4.69) is 20.7 Å². The second-order valence-corrected chi connectivity index (χ2v) is 8.38. The number of benzene rings is 2. The SMILES string of the molecule is CNS(=O)(=O)c1cccc(CNC(=O)c2cccc(NC(=O)NC3CC3)c2)c1. The Hall–Kier alpha value is -2.91. The lowest BCUT2D eigenvalue weighted by Gasteiger charge is -2.10. The fourth-order valence-corrected chi connectivity index (χ4v) is 3.34. The summed E-state index contributed by atoms with van der Waals surface area (Å²) in [5, 5.41) is 8.28. The van der Waals surface area contributed by atoms with Crippen molar-refractivity contribution in [2.24, 2.45) is 0 Å². The first-order valence-corrected chi connectivity index (χ1v) is 10.3. The minimum atomic E-state index is -3.54. The first-order chi connectivity index (χ1) is 13.4. The van der Waals surface area contributed by atoms with Gasteiger partial charge in [-0.15, -0.1) is 0 Å². The number of anilines is 1. The lowest BCUT2D eigenvalue weighted by atomic mass is 10.1. The Morgan fingerprint density at radius 3 is 2.54 bits per heavy atom. The molecular weight excluding hydrogens is 380 g/mol. The Kier molecular flexibility index (Phi) is 5.96. The summed E-state index contributed by atoms with van der Waals surface area (Å²) in [6.45, 7) is 0.172. The Balaban J connectivity index is 1.61. The van der Waals surface area contributed by atoms with Gasteiger partial charge in [-0.2, -0.15) is 0 Å². The highest BCUT2D eigenvalue weighted by molar-refractivity contribution is 7.89. The zero-order valence-electron chi connectivity index (χ0n) is 15.4. The van der Waals surface area contributed by atoms with Crippen molar-refractivity contribution >= 4 is 27.6 Å². The normalized spacial score (nSPS) is 13.6. The van der Waals surface area contributed by atoms with Gasteiger partial charge < -0.3 is 16.0 Å². The van der Waals surface area contributed by atoms with E-state index in [4.69, 9.17) is 0 Å². The summed E-state index contributed by atoms with van der Waals surface area (Å²) < 4.78 is 26.0. The number of urea groups is 1. The van der Waals surface area contributed by atoms with Gasteiger partial charge in [-0.1, -0.05) is 18.2 Å². The summed E-state index contributed by atoms with van der Waals surface area (Å²) in [6.07, 6.45) is 1.99. The lowest BCUT2D eigenvalue weighted by molar-refractivity contribution is 0.0951. The average Bonchev–Trinajstić information content (AvgIpc) is 3.50. The van der Waals surface area contributed by atoms with Gasteiger partial charge in [-0.05, 0) is 55.8 Å². The molecule has 0 bridgehead atoms. The van der Waals surface area contributed by atoms with Crippen LogP contribution in [-0.2, 0) is 16.6 Å². The first kappa shape index (κ1) is 19.8. The number of hydrogen-bond donors (Lipinski definition) is 4. The Morgan fingerprint density at radius 2 is 1.82 bits per heavy atom. The van der Waals surface area contributed by atoms with Crippen molar-refractivity contribution in [1.82, 2.24) is 15.4 Å². The molecule has 0 unspecified atom stereocenters. The van der Waals surface area contributed by atoms with E-state index in [9.17, 15) is 18.0 Å². The number of amides is 3. The molecule has 1 fully saturated rings. The second-order valence-electron chi connectivity index (χ2n) is 6.49. The highest BCUT2D eigenvalue weighted by Crippen LogP contribution is 2.19. The van der Waals surface area contributed by atoms with Crippen molar-refractivity contribution in [2.75, 3.05) is 12.4 Å². The number of rotatable bonds is 7. The molecule has 8 nitrogen and oxygen atoms in total. The Morgan fingerprint density at radius 1 is 1.07 bits per heavy atom. The molecule has 9 heteroatoms. The van der Waals surface area contributed by atoms with Crippen LogP contribution in [0.1, 0.15) is 28.8 Å². The highest BCUT2D eigenvalue weighted by atomic mass is 32.2. The van der Waals surface area contributed by atoms with Crippen LogP contribution in [-0.4, -0.2) is 33.4 Å². The van der Waals surface area contributed by atoms with Crippen LogP contribution in [0.15, 0.2) is 53.4 Å². The molecule has 2 aromatic carbocycles. The Labute approximate surface area is 163 Å². The molecular formula is C19H22N4O4S. The molecule has 0 aliphatic heterocycles. The molecule has 2 aromatic rings. The largest absolute Gasteiger partial charge is 0.348 e. The van der Waals surface area contributed by atoms with Gasteiger partial charge in [-0.3, -0.25) is 4.79 Å². The third kappa shape index (κ3) is 5.30. The monoisotopic (exact) mass is 402 g/mol. The van der Waals surface area contributed by atoms with Crippen LogP contribution in [0, 0.1) is 0 Å². The van der Waals surface area contributed by atoms with E-state index >= 15 is 0 Å². The smallest absolute Gasteiger partial charge is 0.319 e. The number of carbonyl (C=O) groups is 2. The molecule has 0 heterocycles. The van der Waals surface area contributed by atoms with Gasteiger partial charge in [0.25, 0.3) is 5.91 Å². The van der Waals surface area contributed by atoms with Gasteiger partial charge >= 0.3 is 6.03 Å². The first-order valence-electron chi connectivity index (χ1n) is 8.85. The second kappa shape index (κ2) is 8.41. The summed E-state index contributed by atoms with van der Waals surface area (Å²) in [7, 11) is -2.20. The van der Waals surface area contributed by atoms with E-state index in [1.54, 1.807) is 36.4 Å². The van der Waals surface area contributed by atoms with Crippen LogP contribution >= 0.6 is 0 Å². The maximum absolute atomic E-state index is 12.4. The third-order valence-corrected chi connectivity index (χ3v) is 5.64. The van der Waals surface area contributed by atoms with Crippen LogP contribution in [0.2, 0.25) is 0 Å². The molecule has 28 heavy (non-hydrogen) atoms. The predicted octanol–water partition coefficient (Wildman–Crippen LogP) is 1.81. The van der Waals surface area contributed by atoms with E-state index in [1.807, 2.05) is 0 Å². The van der Waals surface area contributed by atoms with E-state index in [-0.39, 0.29) is 29.4 Å². The zero-order valence-corrected chi connectivity index (χ0v) is 16.2. The van der Waals surface area contributed by atoms with Crippen molar-refractivity contribution in [1.29, 1.82) is 0 Å². The molecule has 1 saturated carbocycles. The van der Waals surface area contributed by atoms with Gasteiger partial charge in [-0.25, -0.2) is 17.9 Å². The van der Waals surface area contributed by atoms with Crippen molar-refractivity contribution < 1.29 is 18.0 Å². The number of nitrogens with one attached hydrogen (secondary N) is 4. The van der Waals surface area contributed by atoms with Crippen molar-refractivity contribution in [3.05, 3.63) is 59.7 Å². The highest BCUT2D eigenvalue weighted by Gasteiger charge is 2.23. The molecule has 0 saturated heterocycles. The fourth-order valence-electron chi connectivity index (χ4n) is 2.54. The topological polar surface area (TPSA) is 116 Å². The van der Waals surface area contributed by atoms with E-state index in [0.717, 1.165) is 12.8 Å². The van der Waals surface area contributed by atoms with Gasteiger partial charge in [0.15, 0.2) is 0 Å². The van der Waals surface area contributed by atoms with Crippen molar-refractivity contribution in [3.8, 4) is 0 Å². The van der Waals surface area contributed by atoms with Crippen molar-refractivity contribution in [2.45, 2.75) is 30.3 Å². The molecule has 3 rings (SSSR count). The van der Waals surface area contributed by atoms with Gasteiger partial charge in [0, 0.05) is 23.8 Å². The number of hydrogen-bond acceptors (Lipinski definition) is 4. The molecule has 1 aliphatic carbocycles. The zero-order chi connectivity index (χ0) is 20.1. The van der Waals surface area contributed by atoms with Gasteiger partial charge in [0.2, 0.25) is 10.0 Å². The van der Waals surface area contributed by atoms with Crippen molar-refractivity contribution in [3.63, 3.8) is 0 Å². The summed E-state index contributed by atoms with van der Waals surface area (Å²) in [6, 6.07) is 12.9. The van der Waals surface area contributed by atoms with Crippen LogP contribution in [0.5, 0.6) is 0 Å². The quantitative estimate of drug-likeness (QED) is 0.565. The van der Waals surface area contributed by atoms with Crippen LogP contribution in [0.3, 0.4) is 0 Å². The molecule has 0 radical (unpaired) electrons. The standard InChI is InChI=1S/C19H22N4O4S/c1-20-28(26,27)17-7-2-4-13(10-17)12-21-18(24)14-5-3-6-16(11-14)23-19(25)22-15-8-9-15/h2-7,10-11,15,20H,8-9,12H2,1H3,(H,21,24)(H2,22,23,25). The number of sulfonamides is 1. The van der Waals surface area contributed by atoms with E-state index < -0.39 is 10.0 Å². The van der Waals surface area contributed by atoms with Gasteiger partial charge in [0.05, 0.1) is 4.90 Å². The molecule has 0 aromatic heterocycles. The Bertz CT molecular complexity index is 987. The molecule has 0 atom stereocenters. The molecule has 0 spiro atoms. The summed E-state index contributed by atoms with van der Waals surface area (Å²) in [5.74, 6) is -0.326. The minimum Gasteiger partial charge on any atom is -0.348 e. The third-order valence-electron chi connectivity index (χ3n) is 4.23. The summed E-state index contributed by atoms with van der Waals surface area (Å²) in [4.78, 5) is 24.4. The van der Waals surface area contributed by atoms with E-state index in [1.165, 1.54) is 19.2 Å². The molecule has 1 aliphatic rings. The molecule has 3 amide bonds. The van der Waals surface area contributed by atoms with Crippen LogP contribution in [0.25, 0.3) is 0 Å². The van der Waals surface area contributed by atoms with E-state index in [0.29, 0.717) is 16.8 Å². The predicted molar refractivity (Wildman–Crippen MR) is 105 cm³/mol. The molecule has 148 valence electrons. The lowest BCUT2D eigenvalue weighted by Crippen LogP contribution is -2.30. The summed E-state index contributed by atoms with van der Waals surface area (Å²) >= 11 is 0. The average molecular weight is 402 g/mol. The maximum Gasteiger partial charge on any atom is 0.319 e. The van der Waals surface area contributed by atoms with Crippen LogP contribution in [0.4, 0.5) is 10.5 Å². The van der Waals surface area contributed by atoms with Gasteiger partial charge in [0.1, 0.15) is 0 Å². The maximum atomic E-state index is 12.4. The number of carbonyl (C=O) groups excluding carboxylic acids is 2. The molecule has 4 N–H and O–H groups in total.